The van der Waals surface area contributed by atoms with E-state index in [-0.39, 0.29) is 41.1 Å². The Bertz CT molecular complexity index is 1050. The van der Waals surface area contributed by atoms with Crippen molar-refractivity contribution in [2.45, 2.75) is 57.9 Å². The topological polar surface area (TPSA) is 104 Å². The third-order valence-corrected chi connectivity index (χ3v) is 6.77. The van der Waals surface area contributed by atoms with Crippen molar-refractivity contribution in [3.8, 4) is 0 Å². The summed E-state index contributed by atoms with van der Waals surface area (Å²) < 4.78 is 27.1. The Morgan fingerprint density at radius 2 is 1.48 bits per heavy atom. The van der Waals surface area contributed by atoms with E-state index >= 15 is 0 Å². The standard InChI is InChI=1S/C25H35N3O4S/c1-17(2)22(28-23(29)19-9-11-20(12-10-19)25(4,5)6)24(30)26-15-16-27-33(31,32)21-13-7-18(3)8-14-21/h7-14,17,22,27H,15-16H2,1-6H3,(H,26,30)(H,28,29). The van der Waals surface area contributed by atoms with Gasteiger partial charge < -0.3 is 10.6 Å². The van der Waals surface area contributed by atoms with E-state index in [1.807, 2.05) is 32.9 Å². The van der Waals surface area contributed by atoms with E-state index < -0.39 is 16.1 Å². The maximum Gasteiger partial charge on any atom is 0.251 e. The molecule has 1 atom stereocenters. The molecule has 0 aliphatic rings. The highest BCUT2D eigenvalue weighted by Gasteiger charge is 2.25. The van der Waals surface area contributed by atoms with Crippen LogP contribution in [0.15, 0.2) is 53.4 Å². The van der Waals surface area contributed by atoms with Crippen LogP contribution >= 0.6 is 0 Å². The number of carbonyl (C=O) groups excluding carboxylic acids is 2. The monoisotopic (exact) mass is 473 g/mol. The van der Waals surface area contributed by atoms with Gasteiger partial charge in [-0.05, 0) is 48.1 Å². The molecule has 0 bridgehead atoms. The number of hydrogen-bond donors (Lipinski definition) is 3. The van der Waals surface area contributed by atoms with Gasteiger partial charge in [0.25, 0.3) is 5.91 Å². The van der Waals surface area contributed by atoms with E-state index in [4.69, 9.17) is 0 Å². The smallest absolute Gasteiger partial charge is 0.251 e. The number of rotatable bonds is 9. The molecule has 2 rings (SSSR count). The van der Waals surface area contributed by atoms with Crippen LogP contribution in [-0.4, -0.2) is 39.4 Å². The van der Waals surface area contributed by atoms with Gasteiger partial charge >= 0.3 is 0 Å². The maximum atomic E-state index is 12.7. The molecule has 0 fully saturated rings. The van der Waals surface area contributed by atoms with E-state index in [2.05, 4.69) is 36.1 Å². The Morgan fingerprint density at radius 1 is 0.909 bits per heavy atom. The third-order valence-electron chi connectivity index (χ3n) is 5.30. The lowest BCUT2D eigenvalue weighted by atomic mass is 9.86. The van der Waals surface area contributed by atoms with Crippen LogP contribution in [0.25, 0.3) is 0 Å². The van der Waals surface area contributed by atoms with Gasteiger partial charge in [0.2, 0.25) is 15.9 Å². The minimum Gasteiger partial charge on any atom is -0.353 e. The van der Waals surface area contributed by atoms with Crippen molar-refractivity contribution < 1.29 is 18.0 Å². The first-order valence-electron chi connectivity index (χ1n) is 11.1. The summed E-state index contributed by atoms with van der Waals surface area (Å²) in [5, 5.41) is 5.49. The number of sulfonamides is 1. The van der Waals surface area contributed by atoms with E-state index in [0.29, 0.717) is 5.56 Å². The average Bonchev–Trinajstić information content (AvgIpc) is 2.74. The van der Waals surface area contributed by atoms with Crippen molar-refractivity contribution in [1.82, 2.24) is 15.4 Å². The van der Waals surface area contributed by atoms with Crippen molar-refractivity contribution in [2.75, 3.05) is 13.1 Å². The largest absolute Gasteiger partial charge is 0.353 e. The molecule has 180 valence electrons. The highest BCUT2D eigenvalue weighted by Crippen LogP contribution is 2.22. The number of benzene rings is 2. The summed E-state index contributed by atoms with van der Waals surface area (Å²) >= 11 is 0. The Kier molecular flexibility index (Phi) is 8.80. The molecule has 0 spiro atoms. The number of hydrogen-bond acceptors (Lipinski definition) is 4. The lowest BCUT2D eigenvalue weighted by Crippen LogP contribution is -2.50. The summed E-state index contributed by atoms with van der Waals surface area (Å²) in [6.07, 6.45) is 0. The first-order chi connectivity index (χ1) is 15.3. The molecule has 7 nitrogen and oxygen atoms in total. The van der Waals surface area contributed by atoms with Crippen molar-refractivity contribution in [3.63, 3.8) is 0 Å². The van der Waals surface area contributed by atoms with Crippen molar-refractivity contribution in [3.05, 3.63) is 65.2 Å². The zero-order valence-electron chi connectivity index (χ0n) is 20.2. The molecule has 0 aromatic heterocycles. The number of amides is 2. The van der Waals surface area contributed by atoms with Crippen LogP contribution in [0.2, 0.25) is 0 Å². The van der Waals surface area contributed by atoms with Gasteiger partial charge in [-0.2, -0.15) is 0 Å². The zero-order valence-corrected chi connectivity index (χ0v) is 21.0. The lowest BCUT2D eigenvalue weighted by molar-refractivity contribution is -0.123. The third kappa shape index (κ3) is 7.68. The number of carbonyl (C=O) groups is 2. The molecular formula is C25H35N3O4S. The Hall–Kier alpha value is -2.71. The summed E-state index contributed by atoms with van der Waals surface area (Å²) in [6, 6.07) is 13.1. The number of nitrogens with one attached hydrogen (secondary N) is 3. The second kappa shape index (κ2) is 10.9. The number of aryl methyl sites for hydroxylation is 1. The van der Waals surface area contributed by atoms with Crippen LogP contribution in [-0.2, 0) is 20.2 Å². The van der Waals surface area contributed by atoms with Crippen LogP contribution in [0.3, 0.4) is 0 Å². The highest BCUT2D eigenvalue weighted by molar-refractivity contribution is 7.89. The van der Waals surface area contributed by atoms with Gasteiger partial charge in [0, 0.05) is 18.7 Å². The molecule has 0 saturated carbocycles. The Morgan fingerprint density at radius 3 is 2.00 bits per heavy atom. The Labute approximate surface area is 197 Å². The summed E-state index contributed by atoms with van der Waals surface area (Å²) in [4.78, 5) is 25.5. The van der Waals surface area contributed by atoms with Gasteiger partial charge in [-0.1, -0.05) is 64.4 Å². The molecule has 2 amide bonds. The fourth-order valence-electron chi connectivity index (χ4n) is 3.16. The minimum absolute atomic E-state index is 0.0175. The molecule has 0 heterocycles. The fraction of sp³-hybridized carbons (Fsp3) is 0.440. The van der Waals surface area contributed by atoms with E-state index in [0.717, 1.165) is 11.1 Å². The SMILES string of the molecule is Cc1ccc(S(=O)(=O)NCCNC(=O)C(NC(=O)c2ccc(C(C)(C)C)cc2)C(C)C)cc1. The Balaban J connectivity index is 1.91. The van der Waals surface area contributed by atoms with Gasteiger partial charge in [0.1, 0.15) is 6.04 Å². The van der Waals surface area contributed by atoms with E-state index in [1.165, 1.54) is 12.1 Å². The van der Waals surface area contributed by atoms with Gasteiger partial charge in [-0.3, -0.25) is 9.59 Å². The summed E-state index contributed by atoms with van der Waals surface area (Å²) in [7, 11) is -3.65. The van der Waals surface area contributed by atoms with E-state index in [1.54, 1.807) is 24.3 Å². The molecule has 0 saturated heterocycles. The molecule has 8 heteroatoms. The maximum absolute atomic E-state index is 12.7. The van der Waals surface area contributed by atoms with Crippen LogP contribution < -0.4 is 15.4 Å². The van der Waals surface area contributed by atoms with Crippen LogP contribution in [0.1, 0.15) is 56.1 Å². The summed E-state index contributed by atoms with van der Waals surface area (Å²) in [5.74, 6) is -0.837. The molecule has 2 aromatic rings. The van der Waals surface area contributed by atoms with Crippen LogP contribution in [0, 0.1) is 12.8 Å². The molecule has 1 unspecified atom stereocenters. The molecule has 33 heavy (non-hydrogen) atoms. The van der Waals surface area contributed by atoms with E-state index in [9.17, 15) is 18.0 Å². The minimum atomic E-state index is -3.65. The molecule has 0 radical (unpaired) electrons. The predicted molar refractivity (Wildman–Crippen MR) is 131 cm³/mol. The molecule has 3 N–H and O–H groups in total. The molecule has 0 aliphatic carbocycles. The van der Waals surface area contributed by atoms with Crippen molar-refractivity contribution >= 4 is 21.8 Å². The fourth-order valence-corrected chi connectivity index (χ4v) is 4.19. The molecular weight excluding hydrogens is 438 g/mol. The van der Waals surface area contributed by atoms with Gasteiger partial charge in [-0.15, -0.1) is 0 Å². The zero-order chi connectivity index (χ0) is 24.8. The second-order valence-corrected chi connectivity index (χ2v) is 11.3. The highest BCUT2D eigenvalue weighted by atomic mass is 32.2. The normalized spacial score (nSPS) is 12.9. The van der Waals surface area contributed by atoms with Crippen molar-refractivity contribution in [2.24, 2.45) is 5.92 Å². The first-order valence-corrected chi connectivity index (χ1v) is 12.5. The summed E-state index contributed by atoms with van der Waals surface area (Å²) in [5.41, 5.74) is 2.54. The summed E-state index contributed by atoms with van der Waals surface area (Å²) in [6.45, 7) is 12.0. The van der Waals surface area contributed by atoms with Gasteiger partial charge in [0.05, 0.1) is 4.90 Å². The molecule has 2 aromatic carbocycles. The molecule has 0 aliphatic heterocycles. The van der Waals surface area contributed by atoms with Gasteiger partial charge in [-0.25, -0.2) is 13.1 Å². The average molecular weight is 474 g/mol. The second-order valence-electron chi connectivity index (χ2n) is 9.52. The van der Waals surface area contributed by atoms with Gasteiger partial charge in [0.15, 0.2) is 0 Å². The quantitative estimate of drug-likeness (QED) is 0.487. The van der Waals surface area contributed by atoms with Crippen LogP contribution in [0.5, 0.6) is 0 Å². The van der Waals surface area contributed by atoms with Crippen LogP contribution in [0.4, 0.5) is 0 Å². The first kappa shape index (κ1) is 26.5. The predicted octanol–water partition coefficient (Wildman–Crippen LogP) is 3.14. The van der Waals surface area contributed by atoms with Crippen molar-refractivity contribution in [1.29, 1.82) is 0 Å². The lowest BCUT2D eigenvalue weighted by Gasteiger charge is -2.22.